The standard InChI is InChI=1S/C45H35NO/c1-45(2)41-14-8-6-12-37(41)38-26-25-36(29-42(38)45)46(34-21-16-31(17-22-34)30-10-4-3-5-11-30)35-23-18-32(19-24-35)33-20-27-44-40(28-33)39-13-7-9-15-43(39)47-44/h4,6-29H,3,5H2,1-2H3. The van der Waals surface area contributed by atoms with Gasteiger partial charge in [0.25, 0.3) is 0 Å². The lowest BCUT2D eigenvalue weighted by atomic mass is 9.82. The maximum absolute atomic E-state index is 6.09. The molecular formula is C45H35NO. The van der Waals surface area contributed by atoms with Crippen LogP contribution >= 0.6 is 0 Å². The first kappa shape index (κ1) is 27.7. The normalized spacial score (nSPS) is 14.6. The minimum absolute atomic E-state index is 0.0724. The summed E-state index contributed by atoms with van der Waals surface area (Å²) in [6, 6.07) is 48.6. The third-order valence-electron chi connectivity index (χ3n) is 10.1. The summed E-state index contributed by atoms with van der Waals surface area (Å²) in [5.41, 5.74) is 15.6. The van der Waals surface area contributed by atoms with Crippen molar-refractivity contribution >= 4 is 44.6 Å². The molecule has 0 spiro atoms. The van der Waals surface area contributed by atoms with Crippen LogP contribution in [0.4, 0.5) is 17.1 Å². The van der Waals surface area contributed by atoms with Crippen molar-refractivity contribution in [3.63, 3.8) is 0 Å². The number of hydrogen-bond donors (Lipinski definition) is 0. The summed E-state index contributed by atoms with van der Waals surface area (Å²) in [7, 11) is 0. The number of furan rings is 1. The predicted molar refractivity (Wildman–Crippen MR) is 198 cm³/mol. The Kier molecular flexibility index (Phi) is 6.33. The average molecular weight is 606 g/mol. The summed E-state index contributed by atoms with van der Waals surface area (Å²) in [6.45, 7) is 4.70. The number of hydrogen-bond acceptors (Lipinski definition) is 2. The second-order valence-electron chi connectivity index (χ2n) is 13.3. The van der Waals surface area contributed by atoms with E-state index in [0.29, 0.717) is 0 Å². The van der Waals surface area contributed by atoms with Gasteiger partial charge in [-0.05, 0) is 112 Å². The van der Waals surface area contributed by atoms with Crippen LogP contribution in [0.15, 0.2) is 156 Å². The molecule has 7 aromatic rings. The van der Waals surface area contributed by atoms with Crippen LogP contribution in [0, 0.1) is 0 Å². The number of benzene rings is 6. The molecule has 2 aliphatic rings. The van der Waals surface area contributed by atoms with E-state index in [1.807, 2.05) is 12.1 Å². The highest BCUT2D eigenvalue weighted by molar-refractivity contribution is 6.06. The van der Waals surface area contributed by atoms with E-state index in [9.17, 15) is 0 Å². The summed E-state index contributed by atoms with van der Waals surface area (Å²) >= 11 is 0. The van der Waals surface area contributed by atoms with Crippen LogP contribution < -0.4 is 4.90 Å². The van der Waals surface area contributed by atoms with Crippen molar-refractivity contribution in [3.8, 4) is 22.3 Å². The van der Waals surface area contributed by atoms with Gasteiger partial charge in [0, 0.05) is 33.2 Å². The molecule has 0 fully saturated rings. The lowest BCUT2D eigenvalue weighted by Crippen LogP contribution is -2.16. The second-order valence-corrected chi connectivity index (χ2v) is 13.3. The van der Waals surface area contributed by atoms with Crippen molar-refractivity contribution in [1.29, 1.82) is 0 Å². The molecule has 0 saturated heterocycles. The monoisotopic (exact) mass is 605 g/mol. The van der Waals surface area contributed by atoms with Gasteiger partial charge in [0.05, 0.1) is 0 Å². The third kappa shape index (κ3) is 4.55. The van der Waals surface area contributed by atoms with E-state index in [0.717, 1.165) is 51.8 Å². The molecule has 0 saturated carbocycles. The highest BCUT2D eigenvalue weighted by Gasteiger charge is 2.35. The van der Waals surface area contributed by atoms with Crippen molar-refractivity contribution in [2.24, 2.45) is 0 Å². The van der Waals surface area contributed by atoms with E-state index in [-0.39, 0.29) is 5.41 Å². The zero-order valence-electron chi connectivity index (χ0n) is 26.7. The Morgan fingerprint density at radius 3 is 1.98 bits per heavy atom. The Bertz CT molecular complexity index is 2370. The summed E-state index contributed by atoms with van der Waals surface area (Å²) in [4.78, 5) is 2.39. The van der Waals surface area contributed by atoms with Crippen molar-refractivity contribution < 1.29 is 4.42 Å². The number of para-hydroxylation sites is 1. The van der Waals surface area contributed by atoms with Crippen molar-refractivity contribution in [1.82, 2.24) is 0 Å². The van der Waals surface area contributed by atoms with Gasteiger partial charge in [-0.25, -0.2) is 0 Å². The fourth-order valence-corrected chi connectivity index (χ4v) is 7.62. The lowest BCUT2D eigenvalue weighted by molar-refractivity contribution is 0.660. The zero-order chi connectivity index (χ0) is 31.5. The fraction of sp³-hybridized carbons (Fsp3) is 0.111. The summed E-state index contributed by atoms with van der Waals surface area (Å²) in [5.74, 6) is 0. The van der Waals surface area contributed by atoms with Crippen LogP contribution in [0.5, 0.6) is 0 Å². The van der Waals surface area contributed by atoms with Gasteiger partial charge < -0.3 is 9.32 Å². The first-order valence-corrected chi connectivity index (χ1v) is 16.6. The Hall–Kier alpha value is -5.60. The van der Waals surface area contributed by atoms with E-state index < -0.39 is 0 Å². The molecule has 0 radical (unpaired) electrons. The van der Waals surface area contributed by atoms with Crippen LogP contribution in [0.25, 0.3) is 49.8 Å². The molecule has 2 aliphatic carbocycles. The number of rotatable bonds is 5. The molecule has 6 aromatic carbocycles. The fourth-order valence-electron chi connectivity index (χ4n) is 7.62. The molecule has 0 unspecified atom stereocenters. The van der Waals surface area contributed by atoms with E-state index in [4.69, 9.17) is 4.42 Å². The van der Waals surface area contributed by atoms with Gasteiger partial charge in [-0.3, -0.25) is 0 Å². The minimum atomic E-state index is -0.0724. The van der Waals surface area contributed by atoms with E-state index in [1.165, 1.54) is 44.5 Å². The highest BCUT2D eigenvalue weighted by atomic mass is 16.3. The number of fused-ring (bicyclic) bond motifs is 6. The Morgan fingerprint density at radius 1 is 0.532 bits per heavy atom. The third-order valence-corrected chi connectivity index (χ3v) is 10.1. The molecule has 0 N–H and O–H groups in total. The molecule has 0 aliphatic heterocycles. The Morgan fingerprint density at radius 2 is 1.19 bits per heavy atom. The Labute approximate surface area is 275 Å². The first-order chi connectivity index (χ1) is 23.0. The van der Waals surface area contributed by atoms with Gasteiger partial charge in [0.15, 0.2) is 0 Å². The van der Waals surface area contributed by atoms with E-state index in [2.05, 4.69) is 158 Å². The van der Waals surface area contributed by atoms with Crippen LogP contribution in [0.3, 0.4) is 0 Å². The maximum Gasteiger partial charge on any atom is 0.135 e. The smallest absolute Gasteiger partial charge is 0.135 e. The van der Waals surface area contributed by atoms with Crippen molar-refractivity contribution in [3.05, 3.63) is 168 Å². The largest absolute Gasteiger partial charge is 0.456 e. The molecule has 1 aromatic heterocycles. The number of nitrogens with zero attached hydrogens (tertiary/aromatic N) is 1. The minimum Gasteiger partial charge on any atom is -0.456 e. The molecule has 226 valence electrons. The van der Waals surface area contributed by atoms with Crippen molar-refractivity contribution in [2.75, 3.05) is 4.90 Å². The summed E-state index contributed by atoms with van der Waals surface area (Å²) < 4.78 is 6.09. The SMILES string of the molecule is CC1(C)c2ccccc2-c2ccc(N(c3ccc(C4=CCCC=C4)cc3)c3ccc(-c4ccc5oc6ccccc6c5c4)cc3)cc21. The summed E-state index contributed by atoms with van der Waals surface area (Å²) in [6.07, 6.45) is 9.09. The van der Waals surface area contributed by atoms with Crippen LogP contribution in [0.1, 0.15) is 43.4 Å². The van der Waals surface area contributed by atoms with Crippen molar-refractivity contribution in [2.45, 2.75) is 32.1 Å². The van der Waals surface area contributed by atoms with Gasteiger partial charge in [-0.2, -0.15) is 0 Å². The molecule has 1 heterocycles. The molecule has 0 amide bonds. The number of anilines is 3. The quantitative estimate of drug-likeness (QED) is 0.194. The van der Waals surface area contributed by atoms with E-state index in [1.54, 1.807) is 0 Å². The second kappa shape index (κ2) is 10.7. The molecule has 2 nitrogen and oxygen atoms in total. The zero-order valence-corrected chi connectivity index (χ0v) is 26.7. The summed E-state index contributed by atoms with van der Waals surface area (Å²) in [5, 5.41) is 2.30. The molecule has 0 bridgehead atoms. The Balaban J connectivity index is 1.14. The first-order valence-electron chi connectivity index (χ1n) is 16.6. The predicted octanol–water partition coefficient (Wildman–Crippen LogP) is 12.8. The maximum atomic E-state index is 6.09. The van der Waals surface area contributed by atoms with Gasteiger partial charge in [-0.15, -0.1) is 0 Å². The molecule has 0 atom stereocenters. The van der Waals surface area contributed by atoms with Gasteiger partial charge in [0.1, 0.15) is 11.2 Å². The molecular weight excluding hydrogens is 571 g/mol. The van der Waals surface area contributed by atoms with Crippen LogP contribution in [0.2, 0.25) is 0 Å². The lowest BCUT2D eigenvalue weighted by Gasteiger charge is -2.28. The topological polar surface area (TPSA) is 16.4 Å². The molecule has 9 rings (SSSR count). The van der Waals surface area contributed by atoms with Crippen LogP contribution in [-0.2, 0) is 5.41 Å². The average Bonchev–Trinajstić information content (AvgIpc) is 3.61. The van der Waals surface area contributed by atoms with Gasteiger partial charge in [-0.1, -0.05) is 111 Å². The number of allylic oxidation sites excluding steroid dienone is 4. The molecule has 47 heavy (non-hydrogen) atoms. The van der Waals surface area contributed by atoms with Crippen LogP contribution in [-0.4, -0.2) is 0 Å². The molecule has 2 heteroatoms. The highest BCUT2D eigenvalue weighted by Crippen LogP contribution is 2.50. The van der Waals surface area contributed by atoms with Gasteiger partial charge >= 0.3 is 0 Å². The van der Waals surface area contributed by atoms with Gasteiger partial charge in [0.2, 0.25) is 0 Å². The van der Waals surface area contributed by atoms with E-state index >= 15 is 0 Å².